The second kappa shape index (κ2) is 7.32. The smallest absolute Gasteiger partial charge is 0.191 e. The maximum Gasteiger partial charge on any atom is 0.191 e. The SMILES string of the molecule is CCn1c(SCc2cc(=O)c3c(C)ccc(C)c3[nH]2)nnc1-c1cccs1. The van der Waals surface area contributed by atoms with Crippen molar-refractivity contribution in [3.63, 3.8) is 0 Å². The molecular weight excluding hydrogens is 376 g/mol. The highest BCUT2D eigenvalue weighted by molar-refractivity contribution is 7.98. The van der Waals surface area contributed by atoms with Crippen molar-refractivity contribution in [3.8, 4) is 10.7 Å². The van der Waals surface area contributed by atoms with E-state index in [4.69, 9.17) is 0 Å². The quantitative estimate of drug-likeness (QED) is 0.493. The third kappa shape index (κ3) is 3.33. The lowest BCUT2D eigenvalue weighted by Crippen LogP contribution is -2.07. The van der Waals surface area contributed by atoms with Gasteiger partial charge in [-0.3, -0.25) is 4.79 Å². The first-order chi connectivity index (χ1) is 13.1. The highest BCUT2D eigenvalue weighted by atomic mass is 32.2. The molecule has 0 spiro atoms. The number of aromatic nitrogens is 4. The molecule has 0 bridgehead atoms. The molecule has 1 N–H and O–H groups in total. The molecule has 0 radical (unpaired) electrons. The molecule has 5 nitrogen and oxygen atoms in total. The number of H-pyrrole nitrogens is 1. The highest BCUT2D eigenvalue weighted by Gasteiger charge is 2.15. The van der Waals surface area contributed by atoms with Crippen molar-refractivity contribution in [2.24, 2.45) is 0 Å². The standard InChI is InChI=1S/C20H20N4OS2/c1-4-24-19(16-6-5-9-26-16)22-23-20(24)27-11-14-10-15(25)17-12(2)7-8-13(3)18(17)21-14/h5-10H,4,11H2,1-3H3,(H,21,25). The van der Waals surface area contributed by atoms with Gasteiger partial charge in [0.2, 0.25) is 0 Å². The fourth-order valence-corrected chi connectivity index (χ4v) is 4.83. The Morgan fingerprint density at radius 3 is 2.74 bits per heavy atom. The number of nitrogens with one attached hydrogen (secondary N) is 1. The summed E-state index contributed by atoms with van der Waals surface area (Å²) in [4.78, 5) is 17.2. The monoisotopic (exact) mass is 396 g/mol. The summed E-state index contributed by atoms with van der Waals surface area (Å²) in [7, 11) is 0. The van der Waals surface area contributed by atoms with Gasteiger partial charge >= 0.3 is 0 Å². The summed E-state index contributed by atoms with van der Waals surface area (Å²) in [5.41, 5.74) is 3.97. The molecule has 4 rings (SSSR count). The van der Waals surface area contributed by atoms with Crippen LogP contribution in [0.1, 0.15) is 23.7 Å². The van der Waals surface area contributed by atoms with Gasteiger partial charge in [-0.25, -0.2) is 0 Å². The number of fused-ring (bicyclic) bond motifs is 1. The van der Waals surface area contributed by atoms with E-state index in [1.807, 2.05) is 37.4 Å². The second-order valence-electron chi connectivity index (χ2n) is 6.42. The topological polar surface area (TPSA) is 63.6 Å². The molecule has 0 atom stereocenters. The predicted molar refractivity (Wildman–Crippen MR) is 113 cm³/mol. The maximum atomic E-state index is 12.6. The molecule has 0 aliphatic rings. The first-order valence-electron chi connectivity index (χ1n) is 8.80. The Hall–Kier alpha value is -2.38. The van der Waals surface area contributed by atoms with Gasteiger partial charge in [-0.15, -0.1) is 21.5 Å². The summed E-state index contributed by atoms with van der Waals surface area (Å²) in [6.45, 7) is 6.89. The molecule has 0 unspecified atom stereocenters. The minimum absolute atomic E-state index is 0.0665. The van der Waals surface area contributed by atoms with Crippen molar-refractivity contribution >= 4 is 34.0 Å². The van der Waals surface area contributed by atoms with Crippen LogP contribution in [0.3, 0.4) is 0 Å². The van der Waals surface area contributed by atoms with Crippen LogP contribution >= 0.6 is 23.1 Å². The van der Waals surface area contributed by atoms with Crippen LogP contribution in [0, 0.1) is 13.8 Å². The maximum absolute atomic E-state index is 12.6. The summed E-state index contributed by atoms with van der Waals surface area (Å²) in [6.07, 6.45) is 0. The van der Waals surface area contributed by atoms with Crippen molar-refractivity contribution in [3.05, 3.63) is 62.8 Å². The Kier molecular flexibility index (Phi) is 4.88. The number of hydrogen-bond donors (Lipinski definition) is 1. The molecule has 138 valence electrons. The Morgan fingerprint density at radius 1 is 1.19 bits per heavy atom. The summed E-state index contributed by atoms with van der Waals surface area (Å²) in [5, 5.41) is 12.4. The minimum Gasteiger partial charge on any atom is -0.357 e. The van der Waals surface area contributed by atoms with Crippen LogP contribution in [0.15, 0.2) is 45.7 Å². The van der Waals surface area contributed by atoms with E-state index in [2.05, 4.69) is 32.7 Å². The first kappa shape index (κ1) is 18.0. The number of thioether (sulfide) groups is 1. The fraction of sp³-hybridized carbons (Fsp3) is 0.250. The van der Waals surface area contributed by atoms with Gasteiger partial charge in [0.1, 0.15) is 0 Å². The zero-order chi connectivity index (χ0) is 19.0. The highest BCUT2D eigenvalue weighted by Crippen LogP contribution is 2.28. The lowest BCUT2D eigenvalue weighted by Gasteiger charge is -2.09. The lowest BCUT2D eigenvalue weighted by molar-refractivity contribution is 0.688. The zero-order valence-electron chi connectivity index (χ0n) is 15.4. The van der Waals surface area contributed by atoms with Crippen LogP contribution < -0.4 is 5.43 Å². The summed E-state index contributed by atoms with van der Waals surface area (Å²) < 4.78 is 2.12. The van der Waals surface area contributed by atoms with Gasteiger partial charge in [0.15, 0.2) is 16.4 Å². The molecule has 0 aliphatic heterocycles. The van der Waals surface area contributed by atoms with Gasteiger partial charge < -0.3 is 9.55 Å². The van der Waals surface area contributed by atoms with E-state index in [0.29, 0.717) is 5.75 Å². The zero-order valence-corrected chi connectivity index (χ0v) is 17.1. The van der Waals surface area contributed by atoms with Gasteiger partial charge in [0.05, 0.1) is 10.4 Å². The van der Waals surface area contributed by atoms with E-state index in [9.17, 15) is 4.79 Å². The number of benzene rings is 1. The number of pyridine rings is 1. The number of aryl methyl sites for hydroxylation is 2. The molecule has 0 aliphatic carbocycles. The van der Waals surface area contributed by atoms with Crippen molar-refractivity contribution in [1.29, 1.82) is 0 Å². The van der Waals surface area contributed by atoms with Gasteiger partial charge in [-0.05, 0) is 43.3 Å². The number of rotatable bonds is 5. The number of thiophene rings is 1. The van der Waals surface area contributed by atoms with Crippen LogP contribution in [0.5, 0.6) is 0 Å². The third-order valence-corrected chi connectivity index (χ3v) is 6.47. The van der Waals surface area contributed by atoms with Crippen LogP contribution in [0.2, 0.25) is 0 Å². The van der Waals surface area contributed by atoms with Crippen LogP contribution in [0.4, 0.5) is 0 Å². The van der Waals surface area contributed by atoms with Crippen molar-refractivity contribution in [2.75, 3.05) is 0 Å². The minimum atomic E-state index is 0.0665. The normalized spacial score (nSPS) is 11.4. The molecule has 0 amide bonds. The van der Waals surface area contributed by atoms with E-state index in [-0.39, 0.29) is 5.43 Å². The average molecular weight is 397 g/mol. The second-order valence-corrected chi connectivity index (χ2v) is 8.31. The Bertz CT molecular complexity index is 1160. The number of aromatic amines is 1. The number of hydrogen-bond acceptors (Lipinski definition) is 5. The predicted octanol–water partition coefficient (Wildman–Crippen LogP) is 4.78. The van der Waals surface area contributed by atoms with E-state index in [1.54, 1.807) is 29.2 Å². The Balaban J connectivity index is 1.65. The lowest BCUT2D eigenvalue weighted by atomic mass is 10.0. The molecule has 0 saturated carbocycles. The molecule has 7 heteroatoms. The van der Waals surface area contributed by atoms with E-state index in [0.717, 1.165) is 50.1 Å². The summed E-state index contributed by atoms with van der Waals surface area (Å²) in [6, 6.07) is 9.82. The van der Waals surface area contributed by atoms with Gasteiger partial charge in [0.25, 0.3) is 0 Å². The van der Waals surface area contributed by atoms with Gasteiger partial charge in [-0.1, -0.05) is 30.0 Å². The molecule has 0 fully saturated rings. The van der Waals surface area contributed by atoms with E-state index < -0.39 is 0 Å². The van der Waals surface area contributed by atoms with Gasteiger partial charge in [-0.2, -0.15) is 0 Å². The molecule has 0 saturated heterocycles. The molecule has 3 heterocycles. The van der Waals surface area contributed by atoms with E-state index in [1.165, 1.54) is 0 Å². The molecular formula is C20H20N4OS2. The van der Waals surface area contributed by atoms with Crippen LogP contribution in [0.25, 0.3) is 21.6 Å². The largest absolute Gasteiger partial charge is 0.357 e. The van der Waals surface area contributed by atoms with Crippen LogP contribution in [-0.2, 0) is 12.3 Å². The molecule has 3 aromatic heterocycles. The fourth-order valence-electron chi connectivity index (χ4n) is 3.21. The molecule has 4 aromatic rings. The molecule has 1 aromatic carbocycles. The van der Waals surface area contributed by atoms with Crippen molar-refractivity contribution in [2.45, 2.75) is 38.2 Å². The van der Waals surface area contributed by atoms with Crippen LogP contribution in [-0.4, -0.2) is 19.7 Å². The average Bonchev–Trinajstić information content (AvgIpc) is 3.31. The third-order valence-electron chi connectivity index (χ3n) is 4.59. The molecule has 27 heavy (non-hydrogen) atoms. The van der Waals surface area contributed by atoms with Crippen molar-refractivity contribution in [1.82, 2.24) is 19.7 Å². The Morgan fingerprint density at radius 2 is 2.00 bits per heavy atom. The first-order valence-corrected chi connectivity index (χ1v) is 10.7. The number of nitrogens with zero attached hydrogens (tertiary/aromatic N) is 3. The van der Waals surface area contributed by atoms with Gasteiger partial charge in [0, 0.05) is 29.4 Å². The van der Waals surface area contributed by atoms with E-state index >= 15 is 0 Å². The van der Waals surface area contributed by atoms with Crippen molar-refractivity contribution < 1.29 is 0 Å². The summed E-state index contributed by atoms with van der Waals surface area (Å²) >= 11 is 3.25. The summed E-state index contributed by atoms with van der Waals surface area (Å²) in [5.74, 6) is 1.54. The Labute approximate surface area is 165 Å².